The fraction of sp³-hybridized carbons (Fsp3) is 0.412. The topological polar surface area (TPSA) is 202 Å². The first-order valence-corrected chi connectivity index (χ1v) is 15.3. The van der Waals surface area contributed by atoms with Crippen LogP contribution in [0.3, 0.4) is 0 Å². The van der Waals surface area contributed by atoms with E-state index in [1.54, 1.807) is 6.92 Å². The second-order valence-corrected chi connectivity index (χ2v) is 11.3. The summed E-state index contributed by atoms with van der Waals surface area (Å²) >= 11 is 0. The Kier molecular flexibility index (Phi) is 13.0. The lowest BCUT2D eigenvalue weighted by Crippen LogP contribution is -2.43. The average Bonchev–Trinajstić information content (AvgIpc) is 3.43. The van der Waals surface area contributed by atoms with Gasteiger partial charge in [-0.15, -0.1) is 6.42 Å². The number of aliphatic hydroxyl groups excluding tert-OH is 1. The van der Waals surface area contributed by atoms with E-state index in [1.807, 2.05) is 12.1 Å². The summed E-state index contributed by atoms with van der Waals surface area (Å²) in [6, 6.07) is 10.3. The van der Waals surface area contributed by atoms with Crippen molar-refractivity contribution in [2.45, 2.75) is 84.0 Å². The van der Waals surface area contributed by atoms with Gasteiger partial charge in [0.25, 0.3) is 5.56 Å². The molecule has 0 unspecified atom stereocenters. The molecule has 2 amide bonds. The van der Waals surface area contributed by atoms with Crippen molar-refractivity contribution in [3.8, 4) is 12.3 Å². The molecule has 0 saturated carbocycles. The van der Waals surface area contributed by atoms with Gasteiger partial charge in [0.15, 0.2) is 0 Å². The summed E-state index contributed by atoms with van der Waals surface area (Å²) in [6.07, 6.45) is 8.12. The van der Waals surface area contributed by atoms with E-state index in [0.29, 0.717) is 30.3 Å². The number of terminal acetylenes is 1. The van der Waals surface area contributed by atoms with Gasteiger partial charge in [-0.3, -0.25) is 14.4 Å². The zero-order chi connectivity index (χ0) is 34.7. The van der Waals surface area contributed by atoms with Crippen LogP contribution in [-0.4, -0.2) is 67.7 Å². The van der Waals surface area contributed by atoms with E-state index in [4.69, 9.17) is 16.6 Å². The largest absolute Gasteiger partial charge is 0.480 e. The number of H-pyrrole nitrogens is 1. The molecule has 1 aliphatic carbocycles. The number of benzene rings is 2. The Balaban J connectivity index is 0.000000270. The number of hydrogen-bond acceptors (Lipinski definition) is 8. The maximum atomic E-state index is 12.4. The summed E-state index contributed by atoms with van der Waals surface area (Å²) in [5, 5.41) is 32.1. The highest BCUT2D eigenvalue weighted by Crippen LogP contribution is 2.39. The van der Waals surface area contributed by atoms with Crippen LogP contribution < -0.4 is 21.1 Å². The van der Waals surface area contributed by atoms with Crippen molar-refractivity contribution in [1.82, 2.24) is 20.6 Å². The van der Waals surface area contributed by atoms with Gasteiger partial charge in [0.2, 0.25) is 11.8 Å². The zero-order valence-electron chi connectivity index (χ0n) is 26.7. The molecule has 1 heterocycles. The van der Waals surface area contributed by atoms with Gasteiger partial charge in [0.1, 0.15) is 24.5 Å². The predicted octanol–water partition coefficient (Wildman–Crippen LogP) is 2.58. The minimum absolute atomic E-state index is 0.0980. The minimum Gasteiger partial charge on any atom is -0.480 e. The minimum atomic E-state index is -1.24. The lowest BCUT2D eigenvalue weighted by molar-refractivity contribution is -0.143. The maximum Gasteiger partial charge on any atom is 0.326 e. The predicted molar refractivity (Wildman–Crippen MR) is 176 cm³/mol. The molecular weight excluding hydrogens is 606 g/mol. The highest BCUT2D eigenvalue weighted by atomic mass is 16.4. The van der Waals surface area contributed by atoms with E-state index in [2.05, 4.69) is 62.6 Å². The van der Waals surface area contributed by atoms with Crippen molar-refractivity contribution in [3.05, 3.63) is 69.3 Å². The molecule has 47 heavy (non-hydrogen) atoms. The van der Waals surface area contributed by atoms with Crippen LogP contribution in [0.4, 0.5) is 5.69 Å². The van der Waals surface area contributed by atoms with Crippen molar-refractivity contribution in [3.63, 3.8) is 0 Å². The number of aryl methyl sites for hydroxylation is 2. The number of aliphatic carboxylic acids is 2. The Morgan fingerprint density at radius 3 is 2.32 bits per heavy atom. The molecule has 13 nitrogen and oxygen atoms in total. The summed E-state index contributed by atoms with van der Waals surface area (Å²) < 4.78 is 0. The molecule has 4 rings (SSSR count). The van der Waals surface area contributed by atoms with E-state index >= 15 is 0 Å². The molecule has 0 aliphatic heterocycles. The number of carbonyl (C=O) groups excluding carboxylic acids is 2. The molecule has 0 saturated heterocycles. The number of anilines is 1. The zero-order valence-corrected chi connectivity index (χ0v) is 26.7. The second kappa shape index (κ2) is 16.9. The lowest BCUT2D eigenvalue weighted by atomic mass is 10.0. The summed E-state index contributed by atoms with van der Waals surface area (Å²) in [7, 11) is 0. The molecule has 3 atom stereocenters. The summed E-state index contributed by atoms with van der Waals surface area (Å²) in [5.74, 6) is -0.370. The molecular formula is C34H41N5O8. The summed E-state index contributed by atoms with van der Waals surface area (Å²) in [6.45, 7) is 5.25. The summed E-state index contributed by atoms with van der Waals surface area (Å²) in [4.78, 5) is 65.7. The van der Waals surface area contributed by atoms with Gasteiger partial charge in [-0.2, -0.15) is 0 Å². The number of carbonyl (C=O) groups is 4. The number of fused-ring (bicyclic) bond motifs is 2. The van der Waals surface area contributed by atoms with Crippen molar-refractivity contribution < 1.29 is 34.5 Å². The quantitative estimate of drug-likeness (QED) is 0.150. The van der Waals surface area contributed by atoms with Gasteiger partial charge >= 0.3 is 11.9 Å². The van der Waals surface area contributed by atoms with Gasteiger partial charge in [-0.05, 0) is 68.0 Å². The maximum absolute atomic E-state index is 12.4. The van der Waals surface area contributed by atoms with E-state index in [0.717, 1.165) is 24.1 Å². The molecule has 0 bridgehead atoms. The Bertz CT molecular complexity index is 1700. The van der Waals surface area contributed by atoms with E-state index in [1.165, 1.54) is 18.1 Å². The number of nitrogens with one attached hydrogen (secondary N) is 3. The van der Waals surface area contributed by atoms with Crippen molar-refractivity contribution >= 4 is 40.3 Å². The van der Waals surface area contributed by atoms with Crippen LogP contribution in [0, 0.1) is 19.3 Å². The van der Waals surface area contributed by atoms with Crippen molar-refractivity contribution in [2.75, 3.05) is 11.4 Å². The molecule has 13 heteroatoms. The smallest absolute Gasteiger partial charge is 0.326 e. The second-order valence-electron chi connectivity index (χ2n) is 11.3. The number of rotatable bonds is 13. The van der Waals surface area contributed by atoms with Gasteiger partial charge in [0.05, 0.1) is 23.5 Å². The Morgan fingerprint density at radius 1 is 1.09 bits per heavy atom. The van der Waals surface area contributed by atoms with Crippen molar-refractivity contribution in [1.29, 1.82) is 0 Å². The molecule has 1 aromatic heterocycles. The van der Waals surface area contributed by atoms with Crippen LogP contribution >= 0.6 is 0 Å². The lowest BCUT2D eigenvalue weighted by Gasteiger charge is -2.30. The van der Waals surface area contributed by atoms with Crippen LogP contribution in [0.25, 0.3) is 10.9 Å². The highest BCUT2D eigenvalue weighted by Gasteiger charge is 2.29. The summed E-state index contributed by atoms with van der Waals surface area (Å²) in [5.41, 5.74) is 5.00. The van der Waals surface area contributed by atoms with Crippen LogP contribution in [-0.2, 0) is 32.2 Å². The first-order chi connectivity index (χ1) is 22.4. The number of carboxylic acids is 2. The standard InChI is InChI=1S/C22H21N3O2.C12H20N2O6/c1-3-10-25(16-7-4-14(2)5-8-16)20-9-6-15-11-19-18(12-17(15)20)22(27)24-21(13-26)23-19;1-3-4-8(11(17)18)14-10(16)6-5-9(12(19)20)13-7(2)15/h1,4-5,7-8,11-12,20,26H,6,9-10,13H2,2H3,(H,23,24,27);8-9H,3-6H2,1-2H3,(H,13,15)(H,14,16)(H,17,18)(H,19,20)/t20-;8-,9+/m01/s1. The number of carboxylic acid groups (broad SMARTS) is 2. The third-order valence-electron chi connectivity index (χ3n) is 7.76. The fourth-order valence-corrected chi connectivity index (χ4v) is 5.47. The third-order valence-corrected chi connectivity index (χ3v) is 7.76. The van der Waals surface area contributed by atoms with Gasteiger partial charge in [-0.25, -0.2) is 14.6 Å². The Morgan fingerprint density at radius 2 is 1.74 bits per heavy atom. The molecule has 0 radical (unpaired) electrons. The van der Waals surface area contributed by atoms with Crippen LogP contribution in [0.15, 0.2) is 41.2 Å². The number of hydrogen-bond donors (Lipinski definition) is 6. The average molecular weight is 648 g/mol. The number of aromatic amines is 1. The molecule has 6 N–H and O–H groups in total. The van der Waals surface area contributed by atoms with Gasteiger partial charge < -0.3 is 35.8 Å². The number of nitrogens with zero attached hydrogens (tertiary/aromatic N) is 2. The Labute approximate surface area is 272 Å². The number of aromatic nitrogens is 2. The molecule has 2 aromatic carbocycles. The van der Waals surface area contributed by atoms with Crippen molar-refractivity contribution in [2.24, 2.45) is 0 Å². The third kappa shape index (κ3) is 9.88. The molecule has 0 spiro atoms. The van der Waals surface area contributed by atoms with Gasteiger partial charge in [0, 0.05) is 19.0 Å². The van der Waals surface area contributed by atoms with E-state index < -0.39 is 35.8 Å². The van der Waals surface area contributed by atoms with Gasteiger partial charge in [-0.1, -0.05) is 37.0 Å². The Hall–Kier alpha value is -5.22. The fourth-order valence-electron chi connectivity index (χ4n) is 5.47. The molecule has 250 valence electrons. The normalized spacial score (nSPS) is 14.5. The SMILES string of the molecule is C#CCN(c1ccc(C)cc1)[C@H]1CCc2cc3nc(CO)[nH]c(=O)c3cc21.CCC[C@@H](NC(=O)CC[C@H](NC(C)=O)C(=O)O)C(=O)O. The first-order valence-electron chi connectivity index (χ1n) is 15.3. The first kappa shape index (κ1) is 36.3. The highest BCUT2D eigenvalue weighted by molar-refractivity contribution is 5.85. The van der Waals surface area contributed by atoms with E-state index in [-0.39, 0.29) is 36.9 Å². The van der Waals surface area contributed by atoms with Crippen LogP contribution in [0.5, 0.6) is 0 Å². The van der Waals surface area contributed by atoms with Crippen LogP contribution in [0.2, 0.25) is 0 Å². The molecule has 1 aliphatic rings. The number of amides is 2. The molecule has 0 fully saturated rings. The van der Waals surface area contributed by atoms with Crippen LogP contribution in [0.1, 0.15) is 74.5 Å². The van der Waals surface area contributed by atoms with E-state index in [9.17, 15) is 29.1 Å². The monoisotopic (exact) mass is 647 g/mol. The number of aliphatic hydroxyl groups is 1. The molecule has 3 aromatic rings.